The summed E-state index contributed by atoms with van der Waals surface area (Å²) in [5, 5.41) is 3.50. The predicted octanol–water partition coefficient (Wildman–Crippen LogP) is 5.93. The molecule has 1 atom stereocenters. The van der Waals surface area contributed by atoms with Gasteiger partial charge >= 0.3 is 0 Å². The van der Waals surface area contributed by atoms with Crippen molar-refractivity contribution in [2.45, 2.75) is 31.8 Å². The van der Waals surface area contributed by atoms with Crippen LogP contribution in [0.15, 0.2) is 72.4 Å². The quantitative estimate of drug-likeness (QED) is 0.298. The van der Waals surface area contributed by atoms with E-state index in [1.54, 1.807) is 17.5 Å². The fourth-order valence-electron chi connectivity index (χ4n) is 5.59. The number of pyridine rings is 1. The van der Waals surface area contributed by atoms with Crippen LogP contribution < -0.4 is 4.74 Å². The van der Waals surface area contributed by atoms with Crippen molar-refractivity contribution in [1.29, 1.82) is 0 Å². The minimum absolute atomic E-state index is 0.0313. The van der Waals surface area contributed by atoms with Gasteiger partial charge in [0.15, 0.2) is 6.61 Å². The molecule has 1 amide bonds. The number of piperidine rings is 1. The lowest BCUT2D eigenvalue weighted by Gasteiger charge is -2.36. The van der Waals surface area contributed by atoms with Gasteiger partial charge in [0, 0.05) is 59.8 Å². The fraction of sp³-hybridized carbons (Fsp3) is 0.355. The lowest BCUT2D eigenvalue weighted by molar-refractivity contribution is -0.137. The van der Waals surface area contributed by atoms with Gasteiger partial charge in [0.05, 0.1) is 19.3 Å². The molecule has 2 aliphatic rings. The molecule has 0 radical (unpaired) electrons. The minimum Gasteiger partial charge on any atom is -0.483 e. The van der Waals surface area contributed by atoms with E-state index < -0.39 is 0 Å². The molecule has 4 heterocycles. The Morgan fingerprint density at radius 3 is 2.82 bits per heavy atom. The third kappa shape index (κ3) is 5.46. The molecule has 196 valence electrons. The number of amides is 1. The molecule has 0 saturated carbocycles. The first kappa shape index (κ1) is 25.0. The molecule has 2 aromatic carbocycles. The number of hydrogen-bond acceptors (Lipinski definition) is 6. The van der Waals surface area contributed by atoms with Gasteiger partial charge < -0.3 is 14.4 Å². The Morgan fingerprint density at radius 1 is 1.05 bits per heavy atom. The molecular formula is C31H33N3O3S. The number of hydrogen-bond donors (Lipinski definition) is 0. The first-order valence-corrected chi connectivity index (χ1v) is 14.4. The van der Waals surface area contributed by atoms with E-state index in [1.165, 1.54) is 21.2 Å². The number of fused-ring (bicyclic) bond motifs is 1. The summed E-state index contributed by atoms with van der Waals surface area (Å²) >= 11 is 1.77. The second-order valence-electron chi connectivity index (χ2n) is 10.0. The van der Waals surface area contributed by atoms with E-state index >= 15 is 0 Å². The van der Waals surface area contributed by atoms with Crippen LogP contribution >= 0.6 is 11.3 Å². The van der Waals surface area contributed by atoms with Gasteiger partial charge in [0.25, 0.3) is 5.91 Å². The highest BCUT2D eigenvalue weighted by Gasteiger charge is 2.28. The van der Waals surface area contributed by atoms with Crippen molar-refractivity contribution in [3.05, 3.63) is 83.5 Å². The lowest BCUT2D eigenvalue weighted by atomic mass is 9.96. The predicted molar refractivity (Wildman–Crippen MR) is 151 cm³/mol. The highest BCUT2D eigenvalue weighted by molar-refractivity contribution is 7.17. The highest BCUT2D eigenvalue weighted by Crippen LogP contribution is 2.36. The van der Waals surface area contributed by atoms with Gasteiger partial charge in [-0.1, -0.05) is 30.3 Å². The molecule has 2 saturated heterocycles. The lowest BCUT2D eigenvalue weighted by Crippen LogP contribution is -2.41. The molecule has 6 nitrogen and oxygen atoms in total. The van der Waals surface area contributed by atoms with Gasteiger partial charge in [-0.15, -0.1) is 11.3 Å². The van der Waals surface area contributed by atoms with E-state index in [4.69, 9.17) is 9.47 Å². The maximum Gasteiger partial charge on any atom is 0.261 e. The second-order valence-corrected chi connectivity index (χ2v) is 10.9. The molecule has 0 unspecified atom stereocenters. The van der Waals surface area contributed by atoms with Crippen LogP contribution in [0.3, 0.4) is 0 Å². The average Bonchev–Trinajstić information content (AvgIpc) is 3.42. The molecule has 4 aromatic rings. The van der Waals surface area contributed by atoms with E-state index in [1.807, 2.05) is 23.2 Å². The van der Waals surface area contributed by atoms with Gasteiger partial charge in [0.1, 0.15) is 5.75 Å². The van der Waals surface area contributed by atoms with E-state index in [2.05, 4.69) is 57.7 Å². The number of morpholine rings is 1. The molecule has 0 N–H and O–H groups in total. The number of thiophene rings is 1. The largest absolute Gasteiger partial charge is 0.483 e. The number of ether oxygens (including phenoxy) is 2. The number of carbonyl (C=O) groups is 1. The summed E-state index contributed by atoms with van der Waals surface area (Å²) in [4.78, 5) is 22.1. The second kappa shape index (κ2) is 11.6. The maximum absolute atomic E-state index is 13.4. The number of carbonyl (C=O) groups excluding carboxylic acids is 1. The van der Waals surface area contributed by atoms with Crippen LogP contribution in [-0.4, -0.2) is 60.1 Å². The summed E-state index contributed by atoms with van der Waals surface area (Å²) in [6.45, 7) is 4.84. The van der Waals surface area contributed by atoms with Gasteiger partial charge in [-0.05, 0) is 60.0 Å². The molecule has 6 rings (SSSR count). The summed E-state index contributed by atoms with van der Waals surface area (Å²) in [6.07, 6.45) is 6.76. The van der Waals surface area contributed by atoms with Crippen LogP contribution in [0.5, 0.6) is 5.75 Å². The molecule has 2 fully saturated rings. The van der Waals surface area contributed by atoms with Crippen molar-refractivity contribution in [2.24, 2.45) is 0 Å². The monoisotopic (exact) mass is 527 g/mol. The molecule has 0 aliphatic carbocycles. The van der Waals surface area contributed by atoms with Crippen LogP contribution in [0, 0.1) is 0 Å². The molecule has 0 spiro atoms. The Labute approximate surface area is 227 Å². The van der Waals surface area contributed by atoms with Crippen molar-refractivity contribution in [3.63, 3.8) is 0 Å². The standard InChI is InChI=1S/C31H33N3O3S/c35-31(34-13-4-3-8-28(34)24-6-5-12-32-19-24)21-37-29-11-10-23(18-25(29)20-33-14-16-36-17-15-33)27-22-38-30-9-2-1-7-26(27)30/h1-2,5-7,9-12,18-19,22,28H,3-4,8,13-17,20-21H2/t28-/m0/s1. The molecule has 38 heavy (non-hydrogen) atoms. The van der Waals surface area contributed by atoms with E-state index in [0.717, 1.165) is 75.5 Å². The molecule has 2 aliphatic heterocycles. The van der Waals surface area contributed by atoms with E-state index in [-0.39, 0.29) is 18.6 Å². The van der Waals surface area contributed by atoms with E-state index in [9.17, 15) is 4.79 Å². The van der Waals surface area contributed by atoms with Crippen LogP contribution in [-0.2, 0) is 16.1 Å². The summed E-state index contributed by atoms with van der Waals surface area (Å²) in [6, 6.07) is 19.0. The van der Waals surface area contributed by atoms with Crippen molar-refractivity contribution < 1.29 is 14.3 Å². The van der Waals surface area contributed by atoms with Crippen molar-refractivity contribution in [3.8, 4) is 16.9 Å². The first-order chi connectivity index (χ1) is 18.8. The Bertz CT molecular complexity index is 1380. The Hall–Kier alpha value is -3.26. The van der Waals surface area contributed by atoms with Crippen molar-refractivity contribution in [2.75, 3.05) is 39.5 Å². The summed E-state index contributed by atoms with van der Waals surface area (Å²) in [5.74, 6) is 0.812. The zero-order valence-corrected chi connectivity index (χ0v) is 22.4. The van der Waals surface area contributed by atoms with Crippen molar-refractivity contribution >= 4 is 27.3 Å². The minimum atomic E-state index is 0.0313. The van der Waals surface area contributed by atoms with Crippen LogP contribution in [0.2, 0.25) is 0 Å². The molecule has 0 bridgehead atoms. The Kier molecular flexibility index (Phi) is 7.67. The topological polar surface area (TPSA) is 54.9 Å². The third-order valence-corrected chi connectivity index (χ3v) is 8.56. The SMILES string of the molecule is O=C(COc1ccc(-c2csc3ccccc23)cc1CN1CCOCC1)N1CCCC[C@H]1c1cccnc1. The van der Waals surface area contributed by atoms with Crippen LogP contribution in [0.25, 0.3) is 21.2 Å². The Balaban J connectivity index is 1.24. The average molecular weight is 528 g/mol. The van der Waals surface area contributed by atoms with Crippen LogP contribution in [0.1, 0.15) is 36.4 Å². The number of aromatic nitrogens is 1. The normalized spacial score (nSPS) is 18.5. The molecule has 7 heteroatoms. The number of nitrogens with zero attached hydrogens (tertiary/aromatic N) is 3. The summed E-state index contributed by atoms with van der Waals surface area (Å²) < 4.78 is 13.1. The van der Waals surface area contributed by atoms with Gasteiger partial charge in [-0.3, -0.25) is 14.7 Å². The fourth-order valence-corrected chi connectivity index (χ4v) is 6.55. The number of likely N-dealkylation sites (tertiary alicyclic amines) is 1. The van der Waals surface area contributed by atoms with Crippen molar-refractivity contribution in [1.82, 2.24) is 14.8 Å². The van der Waals surface area contributed by atoms with Gasteiger partial charge in [-0.25, -0.2) is 0 Å². The summed E-state index contributed by atoms with van der Waals surface area (Å²) in [5.41, 5.74) is 4.62. The van der Waals surface area contributed by atoms with Crippen LogP contribution in [0.4, 0.5) is 0 Å². The maximum atomic E-state index is 13.4. The zero-order valence-electron chi connectivity index (χ0n) is 21.6. The molecule has 2 aromatic heterocycles. The zero-order chi connectivity index (χ0) is 25.7. The smallest absolute Gasteiger partial charge is 0.261 e. The van der Waals surface area contributed by atoms with Gasteiger partial charge in [0.2, 0.25) is 0 Å². The van der Waals surface area contributed by atoms with E-state index in [0.29, 0.717) is 0 Å². The number of benzene rings is 2. The Morgan fingerprint density at radius 2 is 1.95 bits per heavy atom. The number of rotatable bonds is 7. The van der Waals surface area contributed by atoms with Gasteiger partial charge in [-0.2, -0.15) is 0 Å². The first-order valence-electron chi connectivity index (χ1n) is 13.5. The molecular weight excluding hydrogens is 494 g/mol. The third-order valence-electron chi connectivity index (χ3n) is 7.59. The summed E-state index contributed by atoms with van der Waals surface area (Å²) in [7, 11) is 0. The highest BCUT2D eigenvalue weighted by atomic mass is 32.1.